The third-order valence-corrected chi connectivity index (χ3v) is 6.57. The zero-order valence-corrected chi connectivity index (χ0v) is 17.2. The van der Waals surface area contributed by atoms with Crippen LogP contribution in [0.5, 0.6) is 0 Å². The molecule has 2 N–H and O–H groups in total. The predicted molar refractivity (Wildman–Crippen MR) is 109 cm³/mol. The predicted octanol–water partition coefficient (Wildman–Crippen LogP) is 2.82. The largest absolute Gasteiger partial charge is 0.359 e. The lowest BCUT2D eigenvalue weighted by atomic mass is 9.94. The zero-order valence-electron chi connectivity index (χ0n) is 16.4. The molecule has 1 aliphatic carbocycles. The number of nitrogens with one attached hydrogen (secondary N) is 2. The summed E-state index contributed by atoms with van der Waals surface area (Å²) < 4.78 is 5.41. The molecular formula is C19H33N5OS. The fraction of sp³-hybridized carbons (Fsp3) is 0.789. The Bertz CT molecular complexity index is 589. The number of hydrogen-bond acceptors (Lipinski definition) is 5. The van der Waals surface area contributed by atoms with Gasteiger partial charge in [-0.05, 0) is 18.8 Å². The number of nitrogens with zero attached hydrogens (tertiary/aromatic N) is 3. The van der Waals surface area contributed by atoms with E-state index in [0.29, 0.717) is 18.0 Å². The van der Waals surface area contributed by atoms with Gasteiger partial charge in [-0.1, -0.05) is 31.8 Å². The first kappa shape index (κ1) is 19.5. The van der Waals surface area contributed by atoms with Gasteiger partial charge in [-0.3, -0.25) is 9.89 Å². The zero-order chi connectivity index (χ0) is 18.4. The van der Waals surface area contributed by atoms with Crippen molar-refractivity contribution in [3.8, 4) is 0 Å². The average Bonchev–Trinajstić information content (AvgIpc) is 3.33. The van der Waals surface area contributed by atoms with Crippen LogP contribution in [-0.2, 0) is 6.54 Å². The Morgan fingerprint density at radius 1 is 1.31 bits per heavy atom. The lowest BCUT2D eigenvalue weighted by molar-refractivity contribution is 0.107. The second-order valence-electron chi connectivity index (χ2n) is 7.68. The molecule has 1 saturated heterocycles. The van der Waals surface area contributed by atoms with Crippen LogP contribution in [0.25, 0.3) is 0 Å². The van der Waals surface area contributed by atoms with Crippen LogP contribution in [0.1, 0.15) is 56.9 Å². The molecule has 0 spiro atoms. The topological polar surface area (TPSA) is 65.7 Å². The third kappa shape index (κ3) is 4.74. The second-order valence-corrected chi connectivity index (χ2v) is 8.91. The van der Waals surface area contributed by atoms with Crippen molar-refractivity contribution in [3.05, 3.63) is 17.5 Å². The molecule has 0 amide bonds. The standard InChI is InChI=1S/C19H33N5OS/c1-15(2)17-12-16(25-23-17)13-21-18(20-3)22-14-19(6-4-5-7-19)24-8-10-26-11-9-24/h12,15H,4-11,13-14H2,1-3H3,(H2,20,21,22). The fourth-order valence-electron chi connectivity index (χ4n) is 4.00. The lowest BCUT2D eigenvalue weighted by Gasteiger charge is -2.43. The molecule has 146 valence electrons. The number of guanidine groups is 1. The van der Waals surface area contributed by atoms with E-state index in [1.165, 1.54) is 50.3 Å². The van der Waals surface area contributed by atoms with E-state index in [2.05, 4.69) is 51.3 Å². The summed E-state index contributed by atoms with van der Waals surface area (Å²) in [5, 5.41) is 11.1. The van der Waals surface area contributed by atoms with E-state index in [0.717, 1.165) is 24.0 Å². The minimum Gasteiger partial charge on any atom is -0.359 e. The van der Waals surface area contributed by atoms with E-state index in [9.17, 15) is 0 Å². The van der Waals surface area contributed by atoms with Crippen LogP contribution in [0, 0.1) is 0 Å². The Morgan fingerprint density at radius 2 is 2.04 bits per heavy atom. The summed E-state index contributed by atoms with van der Waals surface area (Å²) in [6.07, 6.45) is 5.27. The van der Waals surface area contributed by atoms with Gasteiger partial charge in [0.1, 0.15) is 0 Å². The van der Waals surface area contributed by atoms with Gasteiger partial charge in [0, 0.05) is 49.8 Å². The van der Waals surface area contributed by atoms with Crippen molar-refractivity contribution in [2.24, 2.45) is 4.99 Å². The van der Waals surface area contributed by atoms with E-state index in [-0.39, 0.29) is 0 Å². The van der Waals surface area contributed by atoms with Crippen molar-refractivity contribution < 1.29 is 4.52 Å². The van der Waals surface area contributed by atoms with E-state index < -0.39 is 0 Å². The Hall–Kier alpha value is -1.21. The molecule has 7 heteroatoms. The molecule has 0 unspecified atom stereocenters. The summed E-state index contributed by atoms with van der Waals surface area (Å²) in [6.45, 7) is 8.24. The van der Waals surface area contributed by atoms with Crippen molar-refractivity contribution >= 4 is 17.7 Å². The van der Waals surface area contributed by atoms with Gasteiger partial charge in [-0.25, -0.2) is 0 Å². The maximum Gasteiger partial charge on any atom is 0.191 e. The van der Waals surface area contributed by atoms with Crippen LogP contribution >= 0.6 is 11.8 Å². The van der Waals surface area contributed by atoms with Crippen LogP contribution in [0.2, 0.25) is 0 Å². The van der Waals surface area contributed by atoms with E-state index in [4.69, 9.17) is 4.52 Å². The molecule has 2 heterocycles. The first-order valence-corrected chi connectivity index (χ1v) is 11.0. The Labute approximate surface area is 161 Å². The van der Waals surface area contributed by atoms with Crippen molar-refractivity contribution in [1.29, 1.82) is 0 Å². The van der Waals surface area contributed by atoms with Gasteiger partial charge in [-0.15, -0.1) is 0 Å². The van der Waals surface area contributed by atoms with Crippen LogP contribution < -0.4 is 10.6 Å². The Morgan fingerprint density at radius 3 is 2.65 bits per heavy atom. The molecule has 1 aromatic rings. The second kappa shape index (κ2) is 9.13. The molecule has 0 radical (unpaired) electrons. The molecule has 1 saturated carbocycles. The van der Waals surface area contributed by atoms with Gasteiger partial charge in [0.05, 0.1) is 12.2 Å². The third-order valence-electron chi connectivity index (χ3n) is 5.62. The van der Waals surface area contributed by atoms with Gasteiger partial charge in [0.15, 0.2) is 11.7 Å². The highest BCUT2D eigenvalue weighted by Gasteiger charge is 2.39. The smallest absolute Gasteiger partial charge is 0.191 e. The molecule has 1 aliphatic heterocycles. The highest BCUT2D eigenvalue weighted by Crippen LogP contribution is 2.36. The molecule has 0 atom stereocenters. The molecule has 0 aromatic carbocycles. The van der Waals surface area contributed by atoms with Crippen molar-refractivity contribution in [3.63, 3.8) is 0 Å². The van der Waals surface area contributed by atoms with Gasteiger partial charge >= 0.3 is 0 Å². The summed E-state index contributed by atoms with van der Waals surface area (Å²) in [7, 11) is 1.83. The number of thioether (sulfide) groups is 1. The van der Waals surface area contributed by atoms with E-state index >= 15 is 0 Å². The highest BCUT2D eigenvalue weighted by molar-refractivity contribution is 7.99. The van der Waals surface area contributed by atoms with E-state index in [1.54, 1.807) is 0 Å². The number of aromatic nitrogens is 1. The monoisotopic (exact) mass is 379 g/mol. The first-order chi connectivity index (χ1) is 12.6. The number of aliphatic imine (C=N–C) groups is 1. The van der Waals surface area contributed by atoms with Gasteiger partial charge in [0.2, 0.25) is 0 Å². The van der Waals surface area contributed by atoms with Gasteiger partial charge < -0.3 is 15.2 Å². The van der Waals surface area contributed by atoms with Crippen LogP contribution in [0.3, 0.4) is 0 Å². The summed E-state index contributed by atoms with van der Waals surface area (Å²) in [5.41, 5.74) is 1.30. The summed E-state index contributed by atoms with van der Waals surface area (Å²) >= 11 is 2.08. The summed E-state index contributed by atoms with van der Waals surface area (Å²) in [6, 6.07) is 2.02. The Kier molecular flexibility index (Phi) is 6.86. The van der Waals surface area contributed by atoms with Gasteiger partial charge in [0.25, 0.3) is 0 Å². The average molecular weight is 380 g/mol. The highest BCUT2D eigenvalue weighted by atomic mass is 32.2. The molecule has 6 nitrogen and oxygen atoms in total. The maximum absolute atomic E-state index is 5.41. The molecule has 1 aromatic heterocycles. The van der Waals surface area contributed by atoms with Gasteiger partial charge in [-0.2, -0.15) is 11.8 Å². The quantitative estimate of drug-likeness (QED) is 0.585. The lowest BCUT2D eigenvalue weighted by Crippen LogP contribution is -2.57. The normalized spacial score (nSPS) is 21.3. The minimum absolute atomic E-state index is 0.301. The molecule has 2 fully saturated rings. The first-order valence-electron chi connectivity index (χ1n) is 9.86. The summed E-state index contributed by atoms with van der Waals surface area (Å²) in [4.78, 5) is 7.12. The minimum atomic E-state index is 0.301. The Balaban J connectivity index is 1.53. The van der Waals surface area contributed by atoms with Crippen molar-refractivity contribution in [2.75, 3.05) is 38.2 Å². The van der Waals surface area contributed by atoms with Crippen LogP contribution in [-0.4, -0.2) is 59.7 Å². The molecule has 26 heavy (non-hydrogen) atoms. The van der Waals surface area contributed by atoms with Crippen LogP contribution in [0.4, 0.5) is 0 Å². The van der Waals surface area contributed by atoms with Crippen molar-refractivity contribution in [2.45, 2.75) is 57.5 Å². The van der Waals surface area contributed by atoms with Crippen molar-refractivity contribution in [1.82, 2.24) is 20.7 Å². The van der Waals surface area contributed by atoms with Crippen LogP contribution in [0.15, 0.2) is 15.6 Å². The molecule has 0 bridgehead atoms. The molecule has 2 aliphatic rings. The van der Waals surface area contributed by atoms with E-state index in [1.807, 2.05) is 13.1 Å². The molecule has 3 rings (SSSR count). The SMILES string of the molecule is CN=C(NCc1cc(C(C)C)no1)NCC1(N2CCSCC2)CCCC1. The molecular weight excluding hydrogens is 346 g/mol. The summed E-state index contributed by atoms with van der Waals surface area (Å²) in [5.74, 6) is 4.59. The number of rotatable bonds is 6. The number of hydrogen-bond donors (Lipinski definition) is 2. The maximum atomic E-state index is 5.41. The fourth-order valence-corrected chi connectivity index (χ4v) is 4.90.